The van der Waals surface area contributed by atoms with Gasteiger partial charge in [-0.3, -0.25) is 4.90 Å². The predicted molar refractivity (Wildman–Crippen MR) is 63.7 cm³/mol. The molecule has 0 bridgehead atoms. The van der Waals surface area contributed by atoms with Crippen LogP contribution in [-0.2, 0) is 6.54 Å². The van der Waals surface area contributed by atoms with Crippen molar-refractivity contribution in [1.29, 1.82) is 0 Å². The Bertz CT molecular complexity index is 336. The van der Waals surface area contributed by atoms with Gasteiger partial charge in [-0.05, 0) is 31.5 Å². The van der Waals surface area contributed by atoms with Crippen LogP contribution in [0.15, 0.2) is 24.3 Å². The first-order valence-corrected chi connectivity index (χ1v) is 5.87. The summed E-state index contributed by atoms with van der Waals surface area (Å²) in [5.74, 6) is -0.162. The van der Waals surface area contributed by atoms with Gasteiger partial charge in [-0.1, -0.05) is 12.1 Å². The fourth-order valence-electron chi connectivity index (χ4n) is 2.14. The van der Waals surface area contributed by atoms with E-state index < -0.39 is 0 Å². The van der Waals surface area contributed by atoms with E-state index in [0.29, 0.717) is 12.1 Å². The van der Waals surface area contributed by atoms with Gasteiger partial charge in [0, 0.05) is 31.7 Å². The van der Waals surface area contributed by atoms with Crippen LogP contribution in [0.25, 0.3) is 0 Å². The average Bonchev–Trinajstić information content (AvgIpc) is 2.27. The molecular weight excluding hydrogens is 203 g/mol. The number of piperazine rings is 1. The van der Waals surface area contributed by atoms with E-state index in [-0.39, 0.29) is 5.82 Å². The Balaban J connectivity index is 2.00. The quantitative estimate of drug-likeness (QED) is 0.823. The Morgan fingerprint density at radius 1 is 1.31 bits per heavy atom. The average molecular weight is 222 g/mol. The van der Waals surface area contributed by atoms with Gasteiger partial charge in [0.15, 0.2) is 0 Å². The first-order valence-electron chi connectivity index (χ1n) is 5.87. The molecule has 1 aromatic rings. The summed E-state index contributed by atoms with van der Waals surface area (Å²) < 4.78 is 12.8. The van der Waals surface area contributed by atoms with E-state index in [9.17, 15) is 4.39 Å². The fraction of sp³-hybridized carbons (Fsp3) is 0.538. The molecule has 1 aliphatic heterocycles. The molecule has 0 radical (unpaired) electrons. The van der Waals surface area contributed by atoms with Crippen LogP contribution < -0.4 is 5.32 Å². The summed E-state index contributed by atoms with van der Waals surface area (Å²) in [5, 5.41) is 3.45. The third kappa shape index (κ3) is 2.80. The van der Waals surface area contributed by atoms with Crippen LogP contribution in [0, 0.1) is 5.82 Å². The largest absolute Gasteiger partial charge is 0.311 e. The van der Waals surface area contributed by atoms with Crippen LogP contribution in [0.5, 0.6) is 0 Å². The van der Waals surface area contributed by atoms with E-state index in [1.54, 1.807) is 0 Å². The molecule has 2 rings (SSSR count). The van der Waals surface area contributed by atoms with Crippen LogP contribution in [0.4, 0.5) is 4.39 Å². The molecule has 1 saturated heterocycles. The second-order valence-corrected chi connectivity index (χ2v) is 4.71. The summed E-state index contributed by atoms with van der Waals surface area (Å²) in [5.41, 5.74) is 1.18. The van der Waals surface area contributed by atoms with Gasteiger partial charge in [-0.2, -0.15) is 0 Å². The van der Waals surface area contributed by atoms with Crippen LogP contribution in [-0.4, -0.2) is 30.1 Å². The van der Waals surface area contributed by atoms with Crippen molar-refractivity contribution in [2.45, 2.75) is 32.5 Å². The second-order valence-electron chi connectivity index (χ2n) is 4.71. The maximum absolute atomic E-state index is 12.8. The summed E-state index contributed by atoms with van der Waals surface area (Å²) in [6.45, 7) is 7.42. The normalized spacial score (nSPS) is 26.9. The lowest BCUT2D eigenvalue weighted by Crippen LogP contribution is -2.53. The first kappa shape index (κ1) is 11.6. The lowest BCUT2D eigenvalue weighted by Gasteiger charge is -2.37. The van der Waals surface area contributed by atoms with Crippen LogP contribution in [0.1, 0.15) is 19.4 Å². The number of halogens is 1. The van der Waals surface area contributed by atoms with Crippen molar-refractivity contribution in [2.75, 3.05) is 13.1 Å². The third-order valence-electron chi connectivity index (χ3n) is 3.19. The minimum Gasteiger partial charge on any atom is -0.311 e. The van der Waals surface area contributed by atoms with Crippen molar-refractivity contribution >= 4 is 0 Å². The van der Waals surface area contributed by atoms with Crippen molar-refractivity contribution < 1.29 is 4.39 Å². The molecule has 3 heteroatoms. The fourth-order valence-corrected chi connectivity index (χ4v) is 2.14. The Hall–Kier alpha value is -0.930. The Morgan fingerprint density at radius 2 is 2.00 bits per heavy atom. The summed E-state index contributed by atoms with van der Waals surface area (Å²) >= 11 is 0. The SMILES string of the molecule is CC1CN(Cc2ccc(F)cc2)C(C)CN1. The highest BCUT2D eigenvalue weighted by molar-refractivity contribution is 5.16. The molecule has 0 amide bonds. The van der Waals surface area contributed by atoms with E-state index in [1.807, 2.05) is 12.1 Å². The van der Waals surface area contributed by atoms with E-state index >= 15 is 0 Å². The zero-order valence-corrected chi connectivity index (χ0v) is 9.91. The summed E-state index contributed by atoms with van der Waals surface area (Å²) in [7, 11) is 0. The van der Waals surface area contributed by atoms with E-state index in [1.165, 1.54) is 17.7 Å². The van der Waals surface area contributed by atoms with Gasteiger partial charge in [-0.15, -0.1) is 0 Å². The van der Waals surface area contributed by atoms with E-state index in [4.69, 9.17) is 0 Å². The van der Waals surface area contributed by atoms with Crippen molar-refractivity contribution in [3.63, 3.8) is 0 Å². The Morgan fingerprint density at radius 3 is 2.69 bits per heavy atom. The number of benzene rings is 1. The molecule has 2 atom stereocenters. The zero-order valence-electron chi connectivity index (χ0n) is 9.91. The number of hydrogen-bond donors (Lipinski definition) is 1. The lowest BCUT2D eigenvalue weighted by molar-refractivity contribution is 0.139. The number of nitrogens with zero attached hydrogens (tertiary/aromatic N) is 1. The van der Waals surface area contributed by atoms with Crippen molar-refractivity contribution in [3.8, 4) is 0 Å². The number of nitrogens with one attached hydrogen (secondary N) is 1. The van der Waals surface area contributed by atoms with Crippen molar-refractivity contribution in [1.82, 2.24) is 10.2 Å². The number of rotatable bonds is 2. The molecule has 0 spiro atoms. The molecule has 1 heterocycles. The van der Waals surface area contributed by atoms with Crippen molar-refractivity contribution in [3.05, 3.63) is 35.6 Å². The molecule has 1 aliphatic rings. The highest BCUT2D eigenvalue weighted by Gasteiger charge is 2.21. The van der Waals surface area contributed by atoms with E-state index in [0.717, 1.165) is 19.6 Å². The molecule has 0 aromatic heterocycles. The van der Waals surface area contributed by atoms with Gasteiger partial charge in [0.2, 0.25) is 0 Å². The minimum atomic E-state index is -0.162. The molecule has 2 nitrogen and oxygen atoms in total. The molecular formula is C13H19FN2. The third-order valence-corrected chi connectivity index (χ3v) is 3.19. The van der Waals surface area contributed by atoms with Gasteiger partial charge in [-0.25, -0.2) is 4.39 Å². The van der Waals surface area contributed by atoms with Crippen LogP contribution in [0.2, 0.25) is 0 Å². The Labute approximate surface area is 96.5 Å². The monoisotopic (exact) mass is 222 g/mol. The van der Waals surface area contributed by atoms with Gasteiger partial charge in [0.25, 0.3) is 0 Å². The molecule has 2 unspecified atom stereocenters. The summed E-state index contributed by atoms with van der Waals surface area (Å²) in [6.07, 6.45) is 0. The summed E-state index contributed by atoms with van der Waals surface area (Å²) in [4.78, 5) is 2.44. The Kier molecular flexibility index (Phi) is 3.56. The van der Waals surface area contributed by atoms with Crippen LogP contribution in [0.3, 0.4) is 0 Å². The van der Waals surface area contributed by atoms with Crippen LogP contribution >= 0.6 is 0 Å². The molecule has 1 aromatic carbocycles. The maximum Gasteiger partial charge on any atom is 0.123 e. The minimum absolute atomic E-state index is 0.162. The van der Waals surface area contributed by atoms with Gasteiger partial charge in [0.05, 0.1) is 0 Å². The zero-order chi connectivity index (χ0) is 11.5. The van der Waals surface area contributed by atoms with Gasteiger partial charge in [0.1, 0.15) is 5.82 Å². The molecule has 0 aliphatic carbocycles. The second kappa shape index (κ2) is 4.93. The topological polar surface area (TPSA) is 15.3 Å². The standard InChI is InChI=1S/C13H19FN2/c1-10-8-16(11(2)7-15-10)9-12-3-5-13(14)6-4-12/h3-6,10-11,15H,7-9H2,1-2H3. The van der Waals surface area contributed by atoms with Crippen molar-refractivity contribution in [2.24, 2.45) is 0 Å². The molecule has 1 N–H and O–H groups in total. The highest BCUT2D eigenvalue weighted by Crippen LogP contribution is 2.12. The van der Waals surface area contributed by atoms with Gasteiger partial charge < -0.3 is 5.32 Å². The molecule has 16 heavy (non-hydrogen) atoms. The first-order chi connectivity index (χ1) is 7.65. The van der Waals surface area contributed by atoms with E-state index in [2.05, 4.69) is 24.1 Å². The lowest BCUT2D eigenvalue weighted by atomic mass is 10.1. The molecule has 1 fully saturated rings. The number of hydrogen-bond acceptors (Lipinski definition) is 2. The highest BCUT2D eigenvalue weighted by atomic mass is 19.1. The summed E-state index contributed by atoms with van der Waals surface area (Å²) in [6, 6.07) is 7.89. The smallest absolute Gasteiger partial charge is 0.123 e. The maximum atomic E-state index is 12.8. The van der Waals surface area contributed by atoms with Gasteiger partial charge >= 0.3 is 0 Å². The molecule has 0 saturated carbocycles. The molecule has 88 valence electrons. The predicted octanol–water partition coefficient (Wildman–Crippen LogP) is 2.01.